The van der Waals surface area contributed by atoms with Crippen LogP contribution in [0.5, 0.6) is 0 Å². The Bertz CT molecular complexity index is 245. The topological polar surface area (TPSA) is 58.2 Å². The summed E-state index contributed by atoms with van der Waals surface area (Å²) in [6.07, 6.45) is 4.17. The normalized spacial score (nSPS) is 24.9. The highest BCUT2D eigenvalue weighted by molar-refractivity contribution is 5.85. The van der Waals surface area contributed by atoms with Crippen LogP contribution in [0.15, 0.2) is 0 Å². The van der Waals surface area contributed by atoms with Crippen LogP contribution in [0.3, 0.4) is 0 Å². The van der Waals surface area contributed by atoms with Gasteiger partial charge >= 0.3 is 0 Å². The van der Waals surface area contributed by atoms with Crippen LogP contribution in [0, 0.1) is 11.8 Å². The molecule has 4 nitrogen and oxygen atoms in total. The van der Waals surface area contributed by atoms with Crippen LogP contribution >= 0.6 is 0 Å². The number of hydrogen-bond donors (Lipinski definition) is 2. The minimum Gasteiger partial charge on any atom is -0.355 e. The number of likely N-dealkylation sites (N-methyl/N-ethyl adjacent to an activating group) is 1. The van der Waals surface area contributed by atoms with E-state index in [1.807, 2.05) is 6.92 Å². The van der Waals surface area contributed by atoms with Gasteiger partial charge in [-0.3, -0.25) is 9.59 Å². The molecule has 2 amide bonds. The maximum Gasteiger partial charge on any atom is 0.239 e. The Morgan fingerprint density at radius 3 is 2.31 bits per heavy atom. The van der Waals surface area contributed by atoms with Crippen LogP contribution in [0.4, 0.5) is 0 Å². The summed E-state index contributed by atoms with van der Waals surface area (Å²) in [4.78, 5) is 22.9. The summed E-state index contributed by atoms with van der Waals surface area (Å²) >= 11 is 0. The van der Waals surface area contributed by atoms with Crippen molar-refractivity contribution in [3.63, 3.8) is 0 Å². The van der Waals surface area contributed by atoms with Gasteiger partial charge in [0.1, 0.15) is 0 Å². The Kier molecular flexibility index (Phi) is 5.29. The molecule has 1 aliphatic carbocycles. The fraction of sp³-hybridized carbons (Fsp3) is 0.833. The lowest BCUT2D eigenvalue weighted by Gasteiger charge is -2.25. The Morgan fingerprint density at radius 1 is 1.12 bits per heavy atom. The first-order valence-corrected chi connectivity index (χ1v) is 6.18. The third-order valence-electron chi connectivity index (χ3n) is 3.18. The molecular weight excluding hydrogens is 204 g/mol. The van der Waals surface area contributed by atoms with Gasteiger partial charge < -0.3 is 10.6 Å². The molecule has 0 aromatic heterocycles. The van der Waals surface area contributed by atoms with Gasteiger partial charge in [-0.2, -0.15) is 0 Å². The largest absolute Gasteiger partial charge is 0.355 e. The molecule has 1 saturated carbocycles. The quantitative estimate of drug-likeness (QED) is 0.753. The molecule has 0 unspecified atom stereocenters. The van der Waals surface area contributed by atoms with Gasteiger partial charge in [-0.1, -0.05) is 6.92 Å². The van der Waals surface area contributed by atoms with Crippen LogP contribution in [-0.4, -0.2) is 24.9 Å². The summed E-state index contributed by atoms with van der Waals surface area (Å²) in [6.45, 7) is 4.80. The third kappa shape index (κ3) is 4.21. The summed E-state index contributed by atoms with van der Waals surface area (Å²) in [5, 5.41) is 5.36. The smallest absolute Gasteiger partial charge is 0.239 e. The minimum absolute atomic E-state index is 0.0400. The van der Waals surface area contributed by atoms with E-state index in [1.54, 1.807) is 0 Å². The average molecular weight is 226 g/mol. The lowest BCUT2D eigenvalue weighted by molar-refractivity contribution is -0.129. The van der Waals surface area contributed by atoms with Crippen molar-refractivity contribution in [1.82, 2.24) is 10.6 Å². The van der Waals surface area contributed by atoms with Crippen LogP contribution < -0.4 is 10.6 Å². The van der Waals surface area contributed by atoms with E-state index in [1.165, 1.54) is 0 Å². The molecule has 0 aromatic rings. The third-order valence-corrected chi connectivity index (χ3v) is 3.18. The van der Waals surface area contributed by atoms with Crippen molar-refractivity contribution < 1.29 is 9.59 Å². The van der Waals surface area contributed by atoms with Crippen molar-refractivity contribution in [3.05, 3.63) is 0 Å². The zero-order valence-electron chi connectivity index (χ0n) is 10.2. The second kappa shape index (κ2) is 6.51. The molecular formula is C12H22N2O2. The lowest BCUT2D eigenvalue weighted by atomic mass is 9.82. The van der Waals surface area contributed by atoms with Gasteiger partial charge in [-0.05, 0) is 38.5 Å². The standard InChI is InChI=1S/C12H22N2O2/c1-3-13-11(15)8-14-12(16)10-6-4-9(2)5-7-10/h9-10H,3-8H2,1-2H3,(H,13,15)(H,14,16). The second-order valence-corrected chi connectivity index (χ2v) is 4.63. The maximum absolute atomic E-state index is 11.7. The molecule has 0 spiro atoms. The Labute approximate surface area is 97.2 Å². The molecule has 16 heavy (non-hydrogen) atoms. The van der Waals surface area contributed by atoms with Crippen LogP contribution in [-0.2, 0) is 9.59 Å². The molecule has 1 fully saturated rings. The molecule has 92 valence electrons. The fourth-order valence-electron chi connectivity index (χ4n) is 2.09. The van der Waals surface area contributed by atoms with Gasteiger partial charge in [-0.15, -0.1) is 0 Å². The predicted molar refractivity (Wildman–Crippen MR) is 62.8 cm³/mol. The predicted octanol–water partition coefficient (Wildman–Crippen LogP) is 1.06. The number of carbonyl (C=O) groups is 2. The van der Waals surface area contributed by atoms with Gasteiger partial charge in [0, 0.05) is 12.5 Å². The zero-order valence-corrected chi connectivity index (χ0v) is 10.2. The van der Waals surface area contributed by atoms with Gasteiger partial charge in [0.2, 0.25) is 11.8 Å². The Hall–Kier alpha value is -1.06. The summed E-state index contributed by atoms with van der Waals surface area (Å²) in [7, 11) is 0. The number of rotatable bonds is 4. The highest BCUT2D eigenvalue weighted by atomic mass is 16.2. The van der Waals surface area contributed by atoms with Crippen molar-refractivity contribution in [2.75, 3.05) is 13.1 Å². The number of hydrogen-bond acceptors (Lipinski definition) is 2. The first-order valence-electron chi connectivity index (χ1n) is 6.18. The molecule has 1 rings (SSSR count). The lowest BCUT2D eigenvalue weighted by Crippen LogP contribution is -2.40. The van der Waals surface area contributed by atoms with Crippen molar-refractivity contribution in [2.45, 2.75) is 39.5 Å². The van der Waals surface area contributed by atoms with E-state index >= 15 is 0 Å². The van der Waals surface area contributed by atoms with E-state index in [0.29, 0.717) is 6.54 Å². The SMILES string of the molecule is CCNC(=O)CNC(=O)C1CCC(C)CC1. The van der Waals surface area contributed by atoms with Crippen molar-refractivity contribution >= 4 is 11.8 Å². The molecule has 0 atom stereocenters. The van der Waals surface area contributed by atoms with E-state index < -0.39 is 0 Å². The number of nitrogens with one attached hydrogen (secondary N) is 2. The second-order valence-electron chi connectivity index (χ2n) is 4.63. The van der Waals surface area contributed by atoms with Crippen LogP contribution in [0.2, 0.25) is 0 Å². The fourth-order valence-corrected chi connectivity index (χ4v) is 2.09. The molecule has 0 aliphatic heterocycles. The monoisotopic (exact) mass is 226 g/mol. The first-order chi connectivity index (χ1) is 7.63. The Morgan fingerprint density at radius 2 is 1.75 bits per heavy atom. The van der Waals surface area contributed by atoms with E-state index in [9.17, 15) is 9.59 Å². The van der Waals surface area contributed by atoms with Gasteiger partial charge in [0.25, 0.3) is 0 Å². The van der Waals surface area contributed by atoms with Gasteiger partial charge in [0.15, 0.2) is 0 Å². The Balaban J connectivity index is 2.22. The highest BCUT2D eigenvalue weighted by Gasteiger charge is 2.24. The van der Waals surface area contributed by atoms with Crippen LogP contribution in [0.1, 0.15) is 39.5 Å². The first kappa shape index (κ1) is 13.0. The molecule has 4 heteroatoms. The molecule has 0 bridgehead atoms. The molecule has 2 N–H and O–H groups in total. The molecule has 0 aromatic carbocycles. The van der Waals surface area contributed by atoms with E-state index in [4.69, 9.17) is 0 Å². The van der Waals surface area contributed by atoms with Crippen molar-refractivity contribution in [2.24, 2.45) is 11.8 Å². The van der Waals surface area contributed by atoms with Gasteiger partial charge in [-0.25, -0.2) is 0 Å². The van der Waals surface area contributed by atoms with Gasteiger partial charge in [0.05, 0.1) is 6.54 Å². The van der Waals surface area contributed by atoms with E-state index in [-0.39, 0.29) is 24.3 Å². The number of amides is 2. The molecule has 0 radical (unpaired) electrons. The summed E-state index contributed by atoms with van der Waals surface area (Å²) in [5.74, 6) is 0.788. The summed E-state index contributed by atoms with van der Waals surface area (Å²) in [5.41, 5.74) is 0. The molecule has 1 aliphatic rings. The molecule has 0 saturated heterocycles. The van der Waals surface area contributed by atoms with Crippen molar-refractivity contribution in [1.29, 1.82) is 0 Å². The summed E-state index contributed by atoms with van der Waals surface area (Å²) in [6, 6.07) is 0. The zero-order chi connectivity index (χ0) is 12.0. The van der Waals surface area contributed by atoms with E-state index in [0.717, 1.165) is 31.6 Å². The van der Waals surface area contributed by atoms with Crippen molar-refractivity contribution in [3.8, 4) is 0 Å². The molecule has 0 heterocycles. The summed E-state index contributed by atoms with van der Waals surface area (Å²) < 4.78 is 0. The number of carbonyl (C=O) groups excluding carboxylic acids is 2. The van der Waals surface area contributed by atoms with Crippen LogP contribution in [0.25, 0.3) is 0 Å². The minimum atomic E-state index is -0.111. The van der Waals surface area contributed by atoms with E-state index in [2.05, 4.69) is 17.6 Å². The highest BCUT2D eigenvalue weighted by Crippen LogP contribution is 2.28. The average Bonchev–Trinajstić information content (AvgIpc) is 2.27. The maximum atomic E-state index is 11.7.